The number of hydrogen-bond donors (Lipinski definition) is 1. The average molecular weight is 333 g/mol. The van der Waals surface area contributed by atoms with Crippen LogP contribution in [0.5, 0.6) is 5.75 Å². The molecule has 0 amide bonds. The van der Waals surface area contributed by atoms with Gasteiger partial charge in [0.2, 0.25) is 12.3 Å². The van der Waals surface area contributed by atoms with Gasteiger partial charge in [-0.1, -0.05) is 23.2 Å². The zero-order valence-electron chi connectivity index (χ0n) is 10.4. The lowest BCUT2D eigenvalue weighted by Gasteiger charge is -2.08. The van der Waals surface area contributed by atoms with E-state index >= 15 is 0 Å². The van der Waals surface area contributed by atoms with E-state index in [-0.39, 0.29) is 10.7 Å². The molecule has 0 fully saturated rings. The number of aromatic amines is 1. The molecule has 0 saturated heterocycles. The Hall–Kier alpha value is -1.21. The van der Waals surface area contributed by atoms with Gasteiger partial charge in [-0.25, -0.2) is 0 Å². The van der Waals surface area contributed by atoms with Crippen molar-refractivity contribution in [1.29, 1.82) is 0 Å². The van der Waals surface area contributed by atoms with E-state index in [1.807, 2.05) is 6.92 Å². The minimum atomic E-state index is -0.362. The molecule has 20 heavy (non-hydrogen) atoms. The van der Waals surface area contributed by atoms with E-state index in [1.165, 1.54) is 6.20 Å². The van der Waals surface area contributed by atoms with Crippen LogP contribution in [0.15, 0.2) is 29.2 Å². The molecule has 2 rings (SSSR count). The molecule has 0 aliphatic carbocycles. The lowest BCUT2D eigenvalue weighted by atomic mass is 10.2. The van der Waals surface area contributed by atoms with Crippen LogP contribution in [0.25, 0.3) is 11.3 Å². The summed E-state index contributed by atoms with van der Waals surface area (Å²) in [6.07, 6.45) is 1.43. The van der Waals surface area contributed by atoms with Crippen molar-refractivity contribution in [2.24, 2.45) is 0 Å². The van der Waals surface area contributed by atoms with Crippen LogP contribution >= 0.6 is 35.5 Å². The fourth-order valence-corrected chi connectivity index (χ4v) is 2.07. The van der Waals surface area contributed by atoms with Gasteiger partial charge in [-0.3, -0.25) is 14.0 Å². The molecule has 1 N–H and O–H groups in total. The van der Waals surface area contributed by atoms with Gasteiger partial charge in [0.05, 0.1) is 17.2 Å². The van der Waals surface area contributed by atoms with Gasteiger partial charge in [0.25, 0.3) is 5.56 Å². The Bertz CT molecular complexity index is 663. The molecule has 5 nitrogen and oxygen atoms in total. The third-order valence-corrected chi connectivity index (χ3v) is 3.24. The lowest BCUT2D eigenvalue weighted by Crippen LogP contribution is -2.09. The van der Waals surface area contributed by atoms with Crippen molar-refractivity contribution in [3.63, 3.8) is 0 Å². The van der Waals surface area contributed by atoms with Crippen LogP contribution < -0.4 is 9.74 Å². The highest BCUT2D eigenvalue weighted by Gasteiger charge is 2.13. The summed E-state index contributed by atoms with van der Waals surface area (Å²) in [5.41, 5.74) is 0.330. The molecular weight excluding hydrogens is 323 g/mol. The van der Waals surface area contributed by atoms with Crippen LogP contribution in [0, 0.1) is 0 Å². The van der Waals surface area contributed by atoms with Crippen LogP contribution in [0.1, 0.15) is 6.92 Å². The second-order valence-corrected chi connectivity index (χ2v) is 4.99. The molecule has 8 heteroatoms. The van der Waals surface area contributed by atoms with E-state index in [4.69, 9.17) is 31.6 Å². The van der Waals surface area contributed by atoms with Crippen LogP contribution in [0.2, 0.25) is 10.2 Å². The first-order valence-corrected chi connectivity index (χ1v) is 7.05. The van der Waals surface area contributed by atoms with Gasteiger partial charge in [-0.15, -0.1) is 0 Å². The van der Waals surface area contributed by atoms with E-state index in [2.05, 4.69) is 9.97 Å². The van der Waals surface area contributed by atoms with Crippen LogP contribution in [-0.4, -0.2) is 16.6 Å². The zero-order valence-corrected chi connectivity index (χ0v) is 12.7. The van der Waals surface area contributed by atoms with Crippen molar-refractivity contribution in [3.8, 4) is 17.0 Å². The van der Waals surface area contributed by atoms with Crippen molar-refractivity contribution in [2.45, 2.75) is 6.92 Å². The molecule has 2 heterocycles. The number of nitrogens with one attached hydrogen (secondary N) is 1. The first-order chi connectivity index (χ1) is 9.61. The largest absolute Gasteiger partial charge is 0.398 e. The van der Waals surface area contributed by atoms with E-state index in [0.29, 0.717) is 28.6 Å². The van der Waals surface area contributed by atoms with Gasteiger partial charge >= 0.3 is 0 Å². The van der Waals surface area contributed by atoms with Gasteiger partial charge in [-0.2, -0.15) is 0 Å². The highest BCUT2D eigenvalue weighted by atomic mass is 35.5. The Morgan fingerprint density at radius 1 is 1.40 bits per heavy atom. The molecule has 2 aromatic heterocycles. The maximum absolute atomic E-state index is 11.9. The normalized spacial score (nSPS) is 10.6. The molecule has 106 valence electrons. The summed E-state index contributed by atoms with van der Waals surface area (Å²) in [6.45, 7) is 2.31. The predicted octanol–water partition coefficient (Wildman–Crippen LogP) is 3.72. The standard InChI is InChI=1S/C12H10Cl2N2O3S/c1-2-18-20-19-9-5-7(13)6-15-11(9)8-3-4-10(14)16-12(8)17/h3-6H,2H2,1H3,(H,16,17). The molecule has 0 bridgehead atoms. The quantitative estimate of drug-likeness (QED) is 0.513. The van der Waals surface area contributed by atoms with Gasteiger partial charge in [0, 0.05) is 12.3 Å². The zero-order chi connectivity index (χ0) is 14.5. The summed E-state index contributed by atoms with van der Waals surface area (Å²) in [5, 5.41) is 0.644. The summed E-state index contributed by atoms with van der Waals surface area (Å²) < 4.78 is 10.4. The minimum absolute atomic E-state index is 0.249. The second kappa shape index (κ2) is 6.99. The monoisotopic (exact) mass is 332 g/mol. The third-order valence-electron chi connectivity index (χ3n) is 2.24. The van der Waals surface area contributed by atoms with Gasteiger partial charge < -0.3 is 9.17 Å². The van der Waals surface area contributed by atoms with Gasteiger partial charge in [0.15, 0.2) is 5.75 Å². The second-order valence-electron chi connectivity index (χ2n) is 3.61. The number of hydrogen-bond acceptors (Lipinski definition) is 5. The SMILES string of the molecule is CCOSOc1cc(Cl)cnc1-c1ccc(Cl)[nH]c1=O. The fourth-order valence-electron chi connectivity index (χ4n) is 1.43. The molecule has 0 unspecified atom stereocenters. The maximum atomic E-state index is 11.9. The highest BCUT2D eigenvalue weighted by Crippen LogP contribution is 2.31. The van der Waals surface area contributed by atoms with Crippen LogP contribution in [0.3, 0.4) is 0 Å². The molecule has 0 aliphatic rings. The Kier molecular flexibility index (Phi) is 5.31. The van der Waals surface area contributed by atoms with E-state index in [0.717, 1.165) is 12.3 Å². The lowest BCUT2D eigenvalue weighted by molar-refractivity contribution is 0.369. The van der Waals surface area contributed by atoms with Crippen molar-refractivity contribution >= 4 is 35.5 Å². The summed E-state index contributed by atoms with van der Waals surface area (Å²) in [4.78, 5) is 18.5. The number of halogens is 2. The smallest absolute Gasteiger partial charge is 0.258 e. The number of nitrogens with zero attached hydrogens (tertiary/aromatic N) is 1. The minimum Gasteiger partial charge on any atom is -0.398 e. The predicted molar refractivity (Wildman–Crippen MR) is 80.2 cm³/mol. The molecule has 0 aliphatic heterocycles. The first-order valence-electron chi connectivity index (χ1n) is 5.62. The average Bonchev–Trinajstić information content (AvgIpc) is 2.40. The fraction of sp³-hybridized carbons (Fsp3) is 0.167. The number of aromatic nitrogens is 2. The molecule has 0 radical (unpaired) electrons. The molecule has 0 spiro atoms. The first kappa shape index (κ1) is 15.2. The summed E-state index contributed by atoms with van der Waals surface area (Å²) in [6, 6.07) is 4.69. The number of pyridine rings is 2. The number of rotatable bonds is 5. The molecular formula is C12H10Cl2N2O3S. The molecule has 0 atom stereocenters. The topological polar surface area (TPSA) is 64.2 Å². The number of H-pyrrole nitrogens is 1. The van der Waals surface area contributed by atoms with E-state index in [9.17, 15) is 4.79 Å². The Morgan fingerprint density at radius 3 is 2.90 bits per heavy atom. The highest BCUT2D eigenvalue weighted by molar-refractivity contribution is 7.90. The van der Waals surface area contributed by atoms with E-state index < -0.39 is 0 Å². The van der Waals surface area contributed by atoms with Gasteiger partial charge in [0.1, 0.15) is 10.8 Å². The molecule has 2 aromatic rings. The van der Waals surface area contributed by atoms with Crippen molar-refractivity contribution in [2.75, 3.05) is 6.61 Å². The third kappa shape index (κ3) is 3.67. The Morgan fingerprint density at radius 2 is 2.20 bits per heavy atom. The summed E-state index contributed by atoms with van der Waals surface area (Å²) in [7, 11) is 0. The van der Waals surface area contributed by atoms with Crippen molar-refractivity contribution in [3.05, 3.63) is 44.9 Å². The van der Waals surface area contributed by atoms with Gasteiger partial charge in [-0.05, 0) is 19.1 Å². The Balaban J connectivity index is 2.42. The van der Waals surface area contributed by atoms with Crippen molar-refractivity contribution < 1.29 is 8.37 Å². The van der Waals surface area contributed by atoms with Crippen molar-refractivity contribution in [1.82, 2.24) is 9.97 Å². The Labute approximate surface area is 129 Å². The molecule has 0 aromatic carbocycles. The summed E-state index contributed by atoms with van der Waals surface area (Å²) in [5.74, 6) is 0.337. The summed E-state index contributed by atoms with van der Waals surface area (Å²) >= 11 is 12.4. The van der Waals surface area contributed by atoms with E-state index in [1.54, 1.807) is 18.2 Å². The van der Waals surface area contributed by atoms with Crippen LogP contribution in [0.4, 0.5) is 0 Å². The van der Waals surface area contributed by atoms with Crippen LogP contribution in [-0.2, 0) is 4.18 Å². The molecule has 0 saturated carbocycles. The maximum Gasteiger partial charge on any atom is 0.258 e.